The third-order valence-electron chi connectivity index (χ3n) is 6.15. The minimum absolute atomic E-state index is 0.301. The number of hydrogen-bond acceptors (Lipinski definition) is 6. The minimum atomic E-state index is -1.33. The van der Waals surface area contributed by atoms with Crippen LogP contribution in [-0.4, -0.2) is 50.7 Å². The molecule has 0 amide bonds. The molecule has 0 saturated carbocycles. The lowest BCUT2D eigenvalue weighted by molar-refractivity contribution is -0.0163. The Bertz CT molecular complexity index is 808. The summed E-state index contributed by atoms with van der Waals surface area (Å²) in [7, 11) is 0. The average Bonchev–Trinajstić information content (AvgIpc) is 2.99. The third-order valence-corrected chi connectivity index (χ3v) is 8.34. The second-order valence-corrected chi connectivity index (χ2v) is 10.2. The van der Waals surface area contributed by atoms with Gasteiger partial charge in [-0.15, -0.1) is 11.8 Å². The van der Waals surface area contributed by atoms with Gasteiger partial charge in [0.25, 0.3) is 0 Å². The van der Waals surface area contributed by atoms with Crippen LogP contribution in [0.15, 0.2) is 52.2 Å². The van der Waals surface area contributed by atoms with E-state index in [9.17, 15) is 20.2 Å². The van der Waals surface area contributed by atoms with Gasteiger partial charge < -0.3 is 15.3 Å². The summed E-state index contributed by atoms with van der Waals surface area (Å²) in [4.78, 5) is 11.1. The van der Waals surface area contributed by atoms with Crippen molar-refractivity contribution in [2.24, 2.45) is 10.6 Å². The van der Waals surface area contributed by atoms with Gasteiger partial charge >= 0.3 is 0 Å². The van der Waals surface area contributed by atoms with Crippen LogP contribution in [0.5, 0.6) is 0 Å². The van der Waals surface area contributed by atoms with Crippen molar-refractivity contribution in [3.8, 4) is 0 Å². The van der Waals surface area contributed by atoms with Crippen LogP contribution in [0.1, 0.15) is 37.8 Å². The quantitative estimate of drug-likeness (QED) is 0.589. The molecule has 1 fully saturated rings. The zero-order valence-corrected chi connectivity index (χ0v) is 18.4. The Morgan fingerprint density at radius 2 is 1.86 bits per heavy atom. The molecule has 5 nitrogen and oxygen atoms in total. The molecule has 1 aromatic carbocycles. The molecular weight excluding hydrogens is 410 g/mol. The third kappa shape index (κ3) is 4.19. The number of hydrogen-bond donors (Lipinski definition) is 3. The van der Waals surface area contributed by atoms with Crippen molar-refractivity contribution in [1.82, 2.24) is 0 Å². The first kappa shape index (κ1) is 22.5. The number of aliphatic hydroxyl groups is 3. The number of allylic oxidation sites excluding steroid dienone is 4. The number of rotatable bonds is 6. The molecule has 6 atom stereocenters. The number of nitrogens with zero attached hydrogens (tertiary/aromatic N) is 1. The Labute approximate surface area is 180 Å². The number of aliphatic hydroxyl groups excluding tert-OH is 3. The molecule has 1 saturated heterocycles. The van der Waals surface area contributed by atoms with Crippen LogP contribution >= 0.6 is 23.4 Å². The molecule has 2 aliphatic rings. The highest BCUT2D eigenvalue weighted by molar-refractivity contribution is 8.00. The molecule has 29 heavy (non-hydrogen) atoms. The fourth-order valence-electron chi connectivity index (χ4n) is 4.20. The zero-order valence-electron chi connectivity index (χ0n) is 16.8. The maximum Gasteiger partial charge on any atom is 0.134 e. The van der Waals surface area contributed by atoms with Gasteiger partial charge in [-0.25, -0.2) is 0 Å². The molecule has 0 spiro atoms. The van der Waals surface area contributed by atoms with Crippen molar-refractivity contribution >= 4 is 23.4 Å². The Morgan fingerprint density at radius 1 is 1.21 bits per heavy atom. The van der Waals surface area contributed by atoms with Crippen LogP contribution in [0.3, 0.4) is 0 Å². The molecule has 3 rings (SSSR count). The Kier molecular flexibility index (Phi) is 6.91. The lowest BCUT2D eigenvalue weighted by Gasteiger charge is -2.46. The van der Waals surface area contributed by atoms with Gasteiger partial charge in [-0.2, -0.15) is 4.91 Å². The summed E-state index contributed by atoms with van der Waals surface area (Å²) < 4.78 is 0. The fourth-order valence-corrected chi connectivity index (χ4v) is 6.19. The molecule has 0 radical (unpaired) electrons. The second-order valence-electron chi connectivity index (χ2n) is 8.37. The summed E-state index contributed by atoms with van der Waals surface area (Å²) in [6, 6.07) is 7.37. The lowest BCUT2D eigenvalue weighted by Crippen LogP contribution is -2.57. The van der Waals surface area contributed by atoms with E-state index in [1.165, 1.54) is 17.3 Å². The van der Waals surface area contributed by atoms with Crippen molar-refractivity contribution in [2.75, 3.05) is 6.61 Å². The van der Waals surface area contributed by atoms with Crippen LogP contribution in [0.2, 0.25) is 0 Å². The van der Waals surface area contributed by atoms with Gasteiger partial charge in [-0.3, -0.25) is 0 Å². The predicted molar refractivity (Wildman–Crippen MR) is 118 cm³/mol. The molecule has 1 unspecified atom stereocenters. The molecule has 1 aromatic rings. The maximum atomic E-state index is 11.1. The lowest BCUT2D eigenvalue weighted by atomic mass is 9.75. The largest absolute Gasteiger partial charge is 0.395 e. The van der Waals surface area contributed by atoms with E-state index in [4.69, 9.17) is 11.6 Å². The van der Waals surface area contributed by atoms with Gasteiger partial charge in [0.1, 0.15) is 12.1 Å². The second kappa shape index (κ2) is 8.90. The van der Waals surface area contributed by atoms with Crippen LogP contribution in [0, 0.1) is 10.3 Å². The van der Waals surface area contributed by atoms with E-state index in [1.807, 2.05) is 19.1 Å². The molecule has 3 N–H and O–H groups in total. The fraction of sp³-hybridized carbons (Fsp3) is 0.545. The Balaban J connectivity index is 1.89. The van der Waals surface area contributed by atoms with E-state index in [0.29, 0.717) is 17.4 Å². The zero-order chi connectivity index (χ0) is 21.3. The van der Waals surface area contributed by atoms with Crippen molar-refractivity contribution in [3.05, 3.63) is 63.1 Å². The number of halogens is 1. The van der Waals surface area contributed by atoms with E-state index < -0.39 is 34.2 Å². The van der Waals surface area contributed by atoms with Crippen molar-refractivity contribution in [2.45, 2.75) is 61.9 Å². The van der Waals surface area contributed by atoms with Gasteiger partial charge in [0.15, 0.2) is 0 Å². The molecule has 7 heteroatoms. The standard InChI is InChI=1S/C22H28ClNO4S/c1-12(2)14-6-4-13(5-7-14)10-15-16(23)8-9-22(15,3)21-20(27)19(26)18(24-28)17(11-25)29-21/h4-9,12,17-21,25-27H,10-11H2,1-3H3/t17-,18-,19+,20-,21-,22?/m1/s1. The smallest absolute Gasteiger partial charge is 0.134 e. The molecular formula is C22H28ClNO4S. The molecule has 1 heterocycles. The molecule has 1 aliphatic heterocycles. The highest BCUT2D eigenvalue weighted by Gasteiger charge is 2.53. The summed E-state index contributed by atoms with van der Waals surface area (Å²) in [6.07, 6.45) is 1.90. The van der Waals surface area contributed by atoms with Gasteiger partial charge in [-0.05, 0) is 35.1 Å². The van der Waals surface area contributed by atoms with E-state index >= 15 is 0 Å². The summed E-state index contributed by atoms with van der Waals surface area (Å²) in [5, 5.41) is 33.5. The Hall–Kier alpha value is -1.18. The highest BCUT2D eigenvalue weighted by atomic mass is 35.5. The van der Waals surface area contributed by atoms with E-state index in [1.54, 1.807) is 0 Å². The summed E-state index contributed by atoms with van der Waals surface area (Å²) >= 11 is 7.84. The molecule has 0 aromatic heterocycles. The predicted octanol–water partition coefficient (Wildman–Crippen LogP) is 3.75. The van der Waals surface area contributed by atoms with E-state index in [2.05, 4.69) is 43.3 Å². The monoisotopic (exact) mass is 437 g/mol. The maximum absolute atomic E-state index is 11.1. The SMILES string of the molecule is CC(C)c1ccc(CC2=C(Cl)C=CC2(C)[C@@H]2S[C@H](CO)[C@@H](N=O)[C@H](O)[C@H]2O)cc1. The van der Waals surface area contributed by atoms with E-state index in [-0.39, 0.29) is 6.61 Å². The van der Waals surface area contributed by atoms with Crippen LogP contribution < -0.4 is 0 Å². The summed E-state index contributed by atoms with van der Waals surface area (Å²) in [6.45, 7) is 5.98. The van der Waals surface area contributed by atoms with Crippen molar-refractivity contribution in [3.63, 3.8) is 0 Å². The molecule has 0 bridgehead atoms. The van der Waals surface area contributed by atoms with Gasteiger partial charge in [0.05, 0.1) is 18.0 Å². The van der Waals surface area contributed by atoms with E-state index in [0.717, 1.165) is 11.1 Å². The number of nitroso groups, excluding NO2 is 1. The minimum Gasteiger partial charge on any atom is -0.395 e. The summed E-state index contributed by atoms with van der Waals surface area (Å²) in [5.74, 6) is 0.454. The highest BCUT2D eigenvalue weighted by Crippen LogP contribution is 2.52. The first-order valence-corrected chi connectivity index (χ1v) is 11.2. The van der Waals surface area contributed by atoms with Gasteiger partial charge in [0.2, 0.25) is 0 Å². The molecule has 1 aliphatic carbocycles. The van der Waals surface area contributed by atoms with Gasteiger partial charge in [-0.1, -0.05) is 67.9 Å². The number of benzene rings is 1. The normalized spacial score (nSPS) is 34.8. The van der Waals surface area contributed by atoms with Gasteiger partial charge in [0, 0.05) is 15.7 Å². The van der Waals surface area contributed by atoms with Crippen LogP contribution in [0.25, 0.3) is 0 Å². The first-order chi connectivity index (χ1) is 13.7. The van der Waals surface area contributed by atoms with Crippen molar-refractivity contribution in [1.29, 1.82) is 0 Å². The Morgan fingerprint density at radius 3 is 2.41 bits per heavy atom. The number of thioether (sulfide) groups is 1. The molecule has 158 valence electrons. The first-order valence-electron chi connectivity index (χ1n) is 9.85. The van der Waals surface area contributed by atoms with Crippen LogP contribution in [0.4, 0.5) is 0 Å². The average molecular weight is 438 g/mol. The topological polar surface area (TPSA) is 90.1 Å². The van der Waals surface area contributed by atoms with Crippen molar-refractivity contribution < 1.29 is 15.3 Å². The summed E-state index contributed by atoms with van der Waals surface area (Å²) in [5.41, 5.74) is 2.70. The van der Waals surface area contributed by atoms with Crippen LogP contribution in [-0.2, 0) is 6.42 Å².